The first-order valence-corrected chi connectivity index (χ1v) is 6.78. The fourth-order valence-corrected chi connectivity index (χ4v) is 2.65. The molecule has 1 aliphatic heterocycles. The first kappa shape index (κ1) is 13.4. The van der Waals surface area contributed by atoms with Crippen LogP contribution in [-0.2, 0) is 0 Å². The summed E-state index contributed by atoms with van der Waals surface area (Å²) in [6.07, 6.45) is 0. The molecule has 98 valence electrons. The fourth-order valence-electron chi connectivity index (χ4n) is 2.11. The first-order valence-electron chi connectivity index (χ1n) is 5.98. The van der Waals surface area contributed by atoms with Gasteiger partial charge in [-0.15, -0.1) is 0 Å². The maximum Gasteiger partial charge on any atom is 0.254 e. The van der Waals surface area contributed by atoms with E-state index in [0.717, 1.165) is 29.9 Å². The van der Waals surface area contributed by atoms with Crippen LogP contribution in [0.2, 0.25) is 0 Å². The number of hydrogen-bond donors (Lipinski definition) is 1. The van der Waals surface area contributed by atoms with Gasteiger partial charge in [0, 0.05) is 31.2 Å². The van der Waals surface area contributed by atoms with Gasteiger partial charge in [0.1, 0.15) is 5.75 Å². The van der Waals surface area contributed by atoms with Gasteiger partial charge in [-0.25, -0.2) is 0 Å². The van der Waals surface area contributed by atoms with E-state index in [1.807, 2.05) is 17.0 Å². The van der Waals surface area contributed by atoms with Gasteiger partial charge in [-0.05, 0) is 41.1 Å². The van der Waals surface area contributed by atoms with E-state index in [2.05, 4.69) is 28.2 Å². The molecule has 1 heterocycles. The number of benzene rings is 1. The van der Waals surface area contributed by atoms with E-state index < -0.39 is 0 Å². The highest BCUT2D eigenvalue weighted by Crippen LogP contribution is 2.26. The molecule has 18 heavy (non-hydrogen) atoms. The largest absolute Gasteiger partial charge is 0.496 e. The van der Waals surface area contributed by atoms with Crippen molar-refractivity contribution in [1.29, 1.82) is 0 Å². The normalized spacial score (nSPS) is 19.7. The van der Waals surface area contributed by atoms with Gasteiger partial charge in [0.2, 0.25) is 0 Å². The minimum absolute atomic E-state index is 0.0763. The number of carbonyl (C=O) groups excluding carboxylic acids is 1. The fraction of sp³-hybridized carbons (Fsp3) is 0.462. The lowest BCUT2D eigenvalue weighted by atomic mass is 10.1. The second kappa shape index (κ2) is 5.71. The Labute approximate surface area is 115 Å². The molecule has 0 spiro atoms. The van der Waals surface area contributed by atoms with Crippen molar-refractivity contribution in [3.63, 3.8) is 0 Å². The van der Waals surface area contributed by atoms with Crippen molar-refractivity contribution in [2.75, 3.05) is 26.7 Å². The SMILES string of the molecule is COc1ccc(C(=O)N2CCNCC2C)cc1Br. The third-order valence-electron chi connectivity index (χ3n) is 3.16. The van der Waals surface area contributed by atoms with Gasteiger partial charge in [0.15, 0.2) is 0 Å². The molecule has 1 saturated heterocycles. The van der Waals surface area contributed by atoms with Crippen LogP contribution in [0.25, 0.3) is 0 Å². The third kappa shape index (κ3) is 2.67. The van der Waals surface area contributed by atoms with Crippen molar-refractivity contribution in [1.82, 2.24) is 10.2 Å². The van der Waals surface area contributed by atoms with Gasteiger partial charge in [-0.1, -0.05) is 0 Å². The lowest BCUT2D eigenvalue weighted by molar-refractivity contribution is 0.0655. The Balaban J connectivity index is 2.20. The molecule has 1 unspecified atom stereocenters. The van der Waals surface area contributed by atoms with Gasteiger partial charge in [-0.2, -0.15) is 0 Å². The van der Waals surface area contributed by atoms with Crippen LogP contribution < -0.4 is 10.1 Å². The molecule has 1 aliphatic rings. The zero-order valence-electron chi connectivity index (χ0n) is 10.6. The molecule has 1 N–H and O–H groups in total. The number of ether oxygens (including phenoxy) is 1. The molecule has 1 aromatic carbocycles. The van der Waals surface area contributed by atoms with Gasteiger partial charge < -0.3 is 15.0 Å². The number of hydrogen-bond acceptors (Lipinski definition) is 3. The maximum absolute atomic E-state index is 12.4. The summed E-state index contributed by atoms with van der Waals surface area (Å²) >= 11 is 3.41. The van der Waals surface area contributed by atoms with E-state index >= 15 is 0 Å². The summed E-state index contributed by atoms with van der Waals surface area (Å²) in [6.45, 7) is 4.52. The predicted octanol–water partition coefficient (Wildman–Crippen LogP) is 1.89. The Morgan fingerprint density at radius 3 is 2.94 bits per heavy atom. The molecule has 0 aliphatic carbocycles. The molecule has 0 bridgehead atoms. The number of methoxy groups -OCH3 is 1. The highest BCUT2D eigenvalue weighted by atomic mass is 79.9. The summed E-state index contributed by atoms with van der Waals surface area (Å²) in [6, 6.07) is 5.66. The molecule has 1 amide bonds. The molecule has 1 fully saturated rings. The van der Waals surface area contributed by atoms with Crippen LogP contribution in [0.15, 0.2) is 22.7 Å². The minimum atomic E-state index is 0.0763. The average Bonchev–Trinajstić information content (AvgIpc) is 2.38. The van der Waals surface area contributed by atoms with E-state index in [0.29, 0.717) is 5.56 Å². The summed E-state index contributed by atoms with van der Waals surface area (Å²) in [7, 11) is 1.61. The molecule has 0 aromatic heterocycles. The Kier molecular flexibility index (Phi) is 4.24. The third-order valence-corrected chi connectivity index (χ3v) is 3.78. The van der Waals surface area contributed by atoms with Crippen molar-refractivity contribution in [3.8, 4) is 5.75 Å². The maximum atomic E-state index is 12.4. The van der Waals surface area contributed by atoms with Crippen LogP contribution in [0.5, 0.6) is 5.75 Å². The Hall–Kier alpha value is -1.07. The molecule has 2 rings (SSSR count). The van der Waals surface area contributed by atoms with Crippen molar-refractivity contribution >= 4 is 21.8 Å². The first-order chi connectivity index (χ1) is 8.63. The zero-order valence-corrected chi connectivity index (χ0v) is 12.2. The Morgan fingerprint density at radius 2 is 2.33 bits per heavy atom. The highest BCUT2D eigenvalue weighted by molar-refractivity contribution is 9.10. The van der Waals surface area contributed by atoms with E-state index in [1.54, 1.807) is 13.2 Å². The molecule has 5 heteroatoms. The molecule has 1 atom stereocenters. The quantitative estimate of drug-likeness (QED) is 0.907. The van der Waals surface area contributed by atoms with Crippen LogP contribution >= 0.6 is 15.9 Å². The van der Waals surface area contributed by atoms with Gasteiger partial charge >= 0.3 is 0 Å². The lowest BCUT2D eigenvalue weighted by Crippen LogP contribution is -2.52. The number of carbonyl (C=O) groups is 1. The zero-order chi connectivity index (χ0) is 13.1. The number of halogens is 1. The molecular weight excluding hydrogens is 296 g/mol. The number of rotatable bonds is 2. The van der Waals surface area contributed by atoms with E-state index in [9.17, 15) is 4.79 Å². The van der Waals surface area contributed by atoms with Gasteiger partial charge in [0.25, 0.3) is 5.91 Å². The smallest absolute Gasteiger partial charge is 0.254 e. The summed E-state index contributed by atoms with van der Waals surface area (Å²) in [4.78, 5) is 14.3. The van der Waals surface area contributed by atoms with E-state index in [4.69, 9.17) is 4.74 Å². The standard InChI is InChI=1S/C13H17BrN2O2/c1-9-8-15-5-6-16(9)13(17)10-3-4-12(18-2)11(14)7-10/h3-4,7,9,15H,5-6,8H2,1-2H3. The molecule has 0 radical (unpaired) electrons. The van der Waals surface area contributed by atoms with Gasteiger partial charge in [-0.3, -0.25) is 4.79 Å². The summed E-state index contributed by atoms with van der Waals surface area (Å²) < 4.78 is 5.97. The number of nitrogens with zero attached hydrogens (tertiary/aromatic N) is 1. The number of piperazine rings is 1. The van der Waals surface area contributed by atoms with Crippen LogP contribution in [0.4, 0.5) is 0 Å². The van der Waals surface area contributed by atoms with Crippen molar-refractivity contribution in [2.45, 2.75) is 13.0 Å². The van der Waals surface area contributed by atoms with Gasteiger partial charge in [0.05, 0.1) is 11.6 Å². The molecule has 1 aromatic rings. The van der Waals surface area contributed by atoms with Crippen LogP contribution in [-0.4, -0.2) is 43.6 Å². The van der Waals surface area contributed by atoms with Crippen LogP contribution in [0.3, 0.4) is 0 Å². The van der Waals surface area contributed by atoms with E-state index in [1.165, 1.54) is 0 Å². The molecular formula is C13H17BrN2O2. The van der Waals surface area contributed by atoms with Crippen molar-refractivity contribution in [2.24, 2.45) is 0 Å². The van der Waals surface area contributed by atoms with Crippen LogP contribution in [0.1, 0.15) is 17.3 Å². The lowest BCUT2D eigenvalue weighted by Gasteiger charge is -2.34. The summed E-state index contributed by atoms with van der Waals surface area (Å²) in [5.74, 6) is 0.812. The predicted molar refractivity (Wildman–Crippen MR) is 74.1 cm³/mol. The Bertz CT molecular complexity index is 451. The second-order valence-corrected chi connectivity index (χ2v) is 5.26. The summed E-state index contributed by atoms with van der Waals surface area (Å²) in [5.41, 5.74) is 0.691. The Morgan fingerprint density at radius 1 is 1.56 bits per heavy atom. The monoisotopic (exact) mass is 312 g/mol. The molecule has 0 saturated carbocycles. The number of nitrogens with one attached hydrogen (secondary N) is 1. The summed E-state index contributed by atoms with van der Waals surface area (Å²) in [5, 5.41) is 3.28. The second-order valence-electron chi connectivity index (χ2n) is 4.40. The minimum Gasteiger partial charge on any atom is -0.496 e. The highest BCUT2D eigenvalue weighted by Gasteiger charge is 2.24. The van der Waals surface area contributed by atoms with Crippen molar-refractivity contribution in [3.05, 3.63) is 28.2 Å². The number of amides is 1. The van der Waals surface area contributed by atoms with E-state index in [-0.39, 0.29) is 11.9 Å². The van der Waals surface area contributed by atoms with Crippen LogP contribution in [0, 0.1) is 0 Å². The van der Waals surface area contributed by atoms with Crippen molar-refractivity contribution < 1.29 is 9.53 Å². The topological polar surface area (TPSA) is 41.6 Å². The average molecular weight is 313 g/mol. The molecule has 4 nitrogen and oxygen atoms in total.